The first kappa shape index (κ1) is 14.1. The van der Waals surface area contributed by atoms with Gasteiger partial charge in [0, 0.05) is 19.3 Å². The molecule has 2 N–H and O–H groups in total. The molecule has 1 fully saturated rings. The lowest BCUT2D eigenvalue weighted by atomic mass is 10.0. The minimum absolute atomic E-state index is 0.358. The molecular formula is C14H22N2O3. The molecule has 0 amide bonds. The molecule has 1 saturated carbocycles. The Kier molecular flexibility index (Phi) is 4.27. The number of H-pyrrole nitrogens is 1. The van der Waals surface area contributed by atoms with Crippen LogP contribution in [0.3, 0.4) is 0 Å². The predicted molar refractivity (Wildman–Crippen MR) is 71.9 cm³/mol. The summed E-state index contributed by atoms with van der Waals surface area (Å²) in [4.78, 5) is 16.3. The van der Waals surface area contributed by atoms with Gasteiger partial charge in [-0.2, -0.15) is 0 Å². The average Bonchev–Trinajstić information content (AvgIpc) is 2.97. The summed E-state index contributed by atoms with van der Waals surface area (Å²) in [6.07, 6.45) is 5.80. The standard InChI is InChI=1S/C14H22N2O3/c1-16(10-14(18)5-3-4-6-14)9-11-7-12(15-8-11)13(17)19-2/h7-8,15,18H,3-6,9-10H2,1-2H3. The van der Waals surface area contributed by atoms with Crippen molar-refractivity contribution < 1.29 is 14.6 Å². The smallest absolute Gasteiger partial charge is 0.354 e. The van der Waals surface area contributed by atoms with Crippen molar-refractivity contribution in [1.29, 1.82) is 0 Å². The predicted octanol–water partition coefficient (Wildman–Crippen LogP) is 1.54. The number of ether oxygens (including phenoxy) is 1. The van der Waals surface area contributed by atoms with E-state index in [9.17, 15) is 9.90 Å². The fourth-order valence-corrected chi connectivity index (χ4v) is 2.82. The Morgan fingerprint density at radius 3 is 2.84 bits per heavy atom. The number of rotatable bonds is 5. The van der Waals surface area contributed by atoms with Gasteiger partial charge in [0.05, 0.1) is 12.7 Å². The topological polar surface area (TPSA) is 65.6 Å². The Morgan fingerprint density at radius 2 is 2.21 bits per heavy atom. The summed E-state index contributed by atoms with van der Waals surface area (Å²) in [6, 6.07) is 1.79. The monoisotopic (exact) mass is 266 g/mol. The van der Waals surface area contributed by atoms with Gasteiger partial charge < -0.3 is 14.8 Å². The molecule has 5 heteroatoms. The molecule has 106 valence electrons. The lowest BCUT2D eigenvalue weighted by Gasteiger charge is -2.28. The number of likely N-dealkylation sites (N-methyl/N-ethyl adjacent to an activating group) is 1. The maximum absolute atomic E-state index is 11.3. The fourth-order valence-electron chi connectivity index (χ4n) is 2.82. The molecule has 19 heavy (non-hydrogen) atoms. The van der Waals surface area contributed by atoms with Crippen molar-refractivity contribution in [1.82, 2.24) is 9.88 Å². The van der Waals surface area contributed by atoms with E-state index >= 15 is 0 Å². The molecule has 0 aliphatic heterocycles. The van der Waals surface area contributed by atoms with Gasteiger partial charge >= 0.3 is 5.97 Å². The van der Waals surface area contributed by atoms with Crippen molar-refractivity contribution in [2.75, 3.05) is 20.7 Å². The normalized spacial score (nSPS) is 17.9. The van der Waals surface area contributed by atoms with Crippen LogP contribution in [0.25, 0.3) is 0 Å². The van der Waals surface area contributed by atoms with Crippen LogP contribution in [0.2, 0.25) is 0 Å². The zero-order chi connectivity index (χ0) is 13.9. The Hall–Kier alpha value is -1.33. The summed E-state index contributed by atoms with van der Waals surface area (Å²) in [7, 11) is 3.35. The van der Waals surface area contributed by atoms with Crippen LogP contribution >= 0.6 is 0 Å². The van der Waals surface area contributed by atoms with E-state index in [1.165, 1.54) is 7.11 Å². The number of hydrogen-bond acceptors (Lipinski definition) is 4. The number of nitrogens with one attached hydrogen (secondary N) is 1. The molecule has 1 aromatic rings. The summed E-state index contributed by atoms with van der Waals surface area (Å²) in [5.41, 5.74) is 0.950. The van der Waals surface area contributed by atoms with E-state index in [4.69, 9.17) is 0 Å². The van der Waals surface area contributed by atoms with Crippen LogP contribution in [-0.4, -0.2) is 47.3 Å². The van der Waals surface area contributed by atoms with Crippen LogP contribution < -0.4 is 0 Å². The summed E-state index contributed by atoms with van der Waals surface area (Å²) >= 11 is 0. The van der Waals surface area contributed by atoms with Crippen LogP contribution in [0.5, 0.6) is 0 Å². The third-order valence-electron chi connectivity index (χ3n) is 3.70. The molecule has 0 bridgehead atoms. The van der Waals surface area contributed by atoms with E-state index in [1.807, 2.05) is 7.05 Å². The number of hydrogen-bond donors (Lipinski definition) is 2. The van der Waals surface area contributed by atoms with Gasteiger partial charge in [-0.15, -0.1) is 0 Å². The zero-order valence-electron chi connectivity index (χ0n) is 11.6. The van der Waals surface area contributed by atoms with Crippen LogP contribution in [0.4, 0.5) is 0 Å². The largest absolute Gasteiger partial charge is 0.464 e. The first-order chi connectivity index (χ1) is 9.02. The maximum Gasteiger partial charge on any atom is 0.354 e. The zero-order valence-corrected chi connectivity index (χ0v) is 11.6. The Balaban J connectivity index is 1.89. The summed E-state index contributed by atoms with van der Waals surface area (Å²) in [5.74, 6) is -0.358. The van der Waals surface area contributed by atoms with E-state index in [-0.39, 0.29) is 5.97 Å². The molecule has 2 rings (SSSR count). The van der Waals surface area contributed by atoms with Crippen molar-refractivity contribution in [3.63, 3.8) is 0 Å². The number of carbonyl (C=O) groups excluding carboxylic acids is 1. The summed E-state index contributed by atoms with van der Waals surface area (Å²) < 4.78 is 4.65. The highest BCUT2D eigenvalue weighted by Gasteiger charge is 2.32. The minimum Gasteiger partial charge on any atom is -0.464 e. The van der Waals surface area contributed by atoms with E-state index in [0.717, 1.165) is 31.2 Å². The first-order valence-corrected chi connectivity index (χ1v) is 6.69. The molecule has 0 unspecified atom stereocenters. The number of aliphatic hydroxyl groups is 1. The first-order valence-electron chi connectivity index (χ1n) is 6.69. The van der Waals surface area contributed by atoms with Gasteiger partial charge in [-0.3, -0.25) is 4.90 Å². The number of esters is 1. The van der Waals surface area contributed by atoms with E-state index < -0.39 is 5.60 Å². The quantitative estimate of drug-likeness (QED) is 0.793. The fraction of sp³-hybridized carbons (Fsp3) is 0.643. The van der Waals surface area contributed by atoms with Crippen LogP contribution in [-0.2, 0) is 11.3 Å². The van der Waals surface area contributed by atoms with Crippen LogP contribution in [0.15, 0.2) is 12.3 Å². The van der Waals surface area contributed by atoms with E-state index in [0.29, 0.717) is 18.8 Å². The number of aromatic nitrogens is 1. The van der Waals surface area contributed by atoms with Crippen molar-refractivity contribution >= 4 is 5.97 Å². The molecular weight excluding hydrogens is 244 g/mol. The summed E-state index contributed by atoms with van der Waals surface area (Å²) in [6.45, 7) is 1.38. The van der Waals surface area contributed by atoms with Gasteiger partial charge in [0.1, 0.15) is 5.69 Å². The van der Waals surface area contributed by atoms with Gasteiger partial charge in [0.15, 0.2) is 0 Å². The van der Waals surface area contributed by atoms with Crippen LogP contribution in [0.1, 0.15) is 41.7 Å². The summed E-state index contributed by atoms with van der Waals surface area (Å²) in [5, 5.41) is 10.3. The molecule has 0 atom stereocenters. The van der Waals surface area contributed by atoms with Crippen molar-refractivity contribution in [2.45, 2.75) is 37.8 Å². The van der Waals surface area contributed by atoms with Gasteiger partial charge in [-0.25, -0.2) is 4.79 Å². The Bertz CT molecular complexity index is 436. The highest BCUT2D eigenvalue weighted by molar-refractivity contribution is 5.87. The second-order valence-corrected chi connectivity index (χ2v) is 5.52. The van der Waals surface area contributed by atoms with Gasteiger partial charge in [-0.1, -0.05) is 12.8 Å². The molecule has 0 aromatic carbocycles. The lowest BCUT2D eigenvalue weighted by molar-refractivity contribution is 0.0145. The van der Waals surface area contributed by atoms with Gasteiger partial charge in [0.2, 0.25) is 0 Å². The molecule has 5 nitrogen and oxygen atoms in total. The maximum atomic E-state index is 11.3. The molecule has 1 heterocycles. The Morgan fingerprint density at radius 1 is 1.53 bits per heavy atom. The molecule has 1 aliphatic rings. The third-order valence-corrected chi connectivity index (χ3v) is 3.70. The van der Waals surface area contributed by atoms with Gasteiger partial charge in [-0.05, 0) is 31.5 Å². The van der Waals surface area contributed by atoms with Crippen LogP contribution in [0, 0.1) is 0 Å². The molecule has 1 aliphatic carbocycles. The van der Waals surface area contributed by atoms with Crippen molar-refractivity contribution in [3.05, 3.63) is 23.5 Å². The molecule has 0 radical (unpaired) electrons. The lowest BCUT2D eigenvalue weighted by Crippen LogP contribution is -2.38. The third kappa shape index (κ3) is 3.58. The number of carbonyl (C=O) groups is 1. The highest BCUT2D eigenvalue weighted by Crippen LogP contribution is 2.30. The average molecular weight is 266 g/mol. The highest BCUT2D eigenvalue weighted by atomic mass is 16.5. The second-order valence-electron chi connectivity index (χ2n) is 5.52. The second kappa shape index (κ2) is 5.75. The van der Waals surface area contributed by atoms with E-state index in [1.54, 1.807) is 12.3 Å². The minimum atomic E-state index is -0.532. The molecule has 0 spiro atoms. The molecule has 0 saturated heterocycles. The number of nitrogens with zero attached hydrogens (tertiary/aromatic N) is 1. The Labute approximate surface area is 113 Å². The molecule has 1 aromatic heterocycles. The van der Waals surface area contributed by atoms with E-state index in [2.05, 4.69) is 14.6 Å². The SMILES string of the molecule is COC(=O)c1cc(CN(C)CC2(O)CCCC2)c[nH]1. The number of aromatic amines is 1. The van der Waals surface area contributed by atoms with Crippen molar-refractivity contribution in [3.8, 4) is 0 Å². The van der Waals surface area contributed by atoms with Gasteiger partial charge in [0.25, 0.3) is 0 Å². The van der Waals surface area contributed by atoms with Crippen molar-refractivity contribution in [2.24, 2.45) is 0 Å². The number of methoxy groups -OCH3 is 1.